The zero-order valence-electron chi connectivity index (χ0n) is 14.5. The first-order valence-electron chi connectivity index (χ1n) is 8.13. The van der Waals surface area contributed by atoms with Crippen molar-refractivity contribution < 1.29 is 19.1 Å². The average molecular weight is 360 g/mol. The van der Waals surface area contributed by atoms with Crippen molar-refractivity contribution >= 4 is 11.8 Å². The summed E-state index contributed by atoms with van der Waals surface area (Å²) in [6.45, 7) is 0. The smallest absolute Gasteiger partial charge is 0.374 e. The Bertz CT molecular complexity index is 986. The SMILES string of the molecule is COC(=O)C1=C(C(=O)c2ccccc2)C(c2ccccc2)C(C#N)=C(N)O1. The van der Waals surface area contributed by atoms with Gasteiger partial charge in [0.25, 0.3) is 0 Å². The lowest BCUT2D eigenvalue weighted by molar-refractivity contribution is -0.139. The van der Waals surface area contributed by atoms with Crippen LogP contribution in [0.1, 0.15) is 21.8 Å². The van der Waals surface area contributed by atoms with E-state index in [1.165, 1.54) is 7.11 Å². The van der Waals surface area contributed by atoms with E-state index in [1.54, 1.807) is 54.6 Å². The number of hydrogen-bond acceptors (Lipinski definition) is 6. The Morgan fingerprint density at radius 2 is 1.67 bits per heavy atom. The van der Waals surface area contributed by atoms with Gasteiger partial charge in [0.05, 0.1) is 18.6 Å². The van der Waals surface area contributed by atoms with Crippen molar-refractivity contribution in [2.24, 2.45) is 5.73 Å². The molecule has 3 rings (SSSR count). The molecule has 1 atom stereocenters. The van der Waals surface area contributed by atoms with Gasteiger partial charge in [-0.2, -0.15) is 5.26 Å². The molecule has 0 saturated carbocycles. The third kappa shape index (κ3) is 3.31. The van der Waals surface area contributed by atoms with Crippen LogP contribution < -0.4 is 5.73 Å². The van der Waals surface area contributed by atoms with E-state index in [1.807, 2.05) is 12.1 Å². The third-order valence-corrected chi connectivity index (χ3v) is 4.20. The number of Topliss-reactive ketones (excluding diaryl/α,β-unsaturated/α-hetero) is 1. The molecule has 0 amide bonds. The number of carbonyl (C=O) groups excluding carboxylic acids is 2. The van der Waals surface area contributed by atoms with Crippen LogP contribution in [0, 0.1) is 11.3 Å². The molecule has 2 aromatic carbocycles. The highest BCUT2D eigenvalue weighted by Crippen LogP contribution is 2.40. The molecule has 1 unspecified atom stereocenters. The lowest BCUT2D eigenvalue weighted by Crippen LogP contribution is -2.28. The number of nitrogens with two attached hydrogens (primary N) is 1. The molecule has 0 aliphatic carbocycles. The van der Waals surface area contributed by atoms with Gasteiger partial charge in [-0.15, -0.1) is 0 Å². The molecule has 27 heavy (non-hydrogen) atoms. The summed E-state index contributed by atoms with van der Waals surface area (Å²) in [5.74, 6) is -2.65. The van der Waals surface area contributed by atoms with Gasteiger partial charge >= 0.3 is 5.97 Å². The maximum atomic E-state index is 13.3. The summed E-state index contributed by atoms with van der Waals surface area (Å²) < 4.78 is 10.1. The van der Waals surface area contributed by atoms with E-state index in [4.69, 9.17) is 15.2 Å². The minimum Gasteiger partial charge on any atom is -0.463 e. The number of ketones is 1. The summed E-state index contributed by atoms with van der Waals surface area (Å²) in [5.41, 5.74) is 6.96. The summed E-state index contributed by atoms with van der Waals surface area (Å²) >= 11 is 0. The number of carbonyl (C=O) groups is 2. The predicted molar refractivity (Wildman–Crippen MR) is 96.9 cm³/mol. The first-order valence-corrected chi connectivity index (χ1v) is 8.13. The van der Waals surface area contributed by atoms with E-state index < -0.39 is 17.7 Å². The lowest BCUT2D eigenvalue weighted by atomic mass is 9.79. The van der Waals surface area contributed by atoms with Crippen molar-refractivity contribution in [1.29, 1.82) is 5.26 Å². The number of benzene rings is 2. The largest absolute Gasteiger partial charge is 0.463 e. The topological polar surface area (TPSA) is 102 Å². The molecule has 2 N–H and O–H groups in total. The number of esters is 1. The minimum atomic E-state index is -0.841. The molecule has 6 nitrogen and oxygen atoms in total. The fourth-order valence-corrected chi connectivity index (χ4v) is 2.96. The number of nitrogens with zero attached hydrogens (tertiary/aromatic N) is 1. The summed E-state index contributed by atoms with van der Waals surface area (Å²) in [7, 11) is 1.18. The average Bonchev–Trinajstić information content (AvgIpc) is 2.73. The Kier molecular flexibility index (Phi) is 5.04. The van der Waals surface area contributed by atoms with Gasteiger partial charge in [0, 0.05) is 5.56 Å². The number of allylic oxidation sites excluding steroid dienone is 2. The number of ether oxygens (including phenoxy) is 2. The first kappa shape index (κ1) is 18.0. The van der Waals surface area contributed by atoms with Crippen molar-refractivity contribution in [3.8, 4) is 6.07 Å². The van der Waals surface area contributed by atoms with E-state index in [-0.39, 0.29) is 22.8 Å². The van der Waals surface area contributed by atoms with E-state index in [0.29, 0.717) is 11.1 Å². The monoisotopic (exact) mass is 360 g/mol. The van der Waals surface area contributed by atoms with Gasteiger partial charge in [-0.1, -0.05) is 60.7 Å². The van der Waals surface area contributed by atoms with Crippen molar-refractivity contribution in [1.82, 2.24) is 0 Å². The molecule has 0 bridgehead atoms. The summed E-state index contributed by atoms with van der Waals surface area (Å²) in [5, 5.41) is 9.63. The molecular weight excluding hydrogens is 344 g/mol. The molecule has 1 heterocycles. The van der Waals surface area contributed by atoms with Gasteiger partial charge < -0.3 is 15.2 Å². The van der Waals surface area contributed by atoms with Gasteiger partial charge in [0.2, 0.25) is 11.6 Å². The fraction of sp³-hybridized carbons (Fsp3) is 0.0952. The maximum Gasteiger partial charge on any atom is 0.374 e. The number of hydrogen-bond donors (Lipinski definition) is 1. The highest BCUT2D eigenvalue weighted by atomic mass is 16.6. The molecule has 6 heteroatoms. The van der Waals surface area contributed by atoms with Crippen LogP contribution in [-0.4, -0.2) is 18.9 Å². The van der Waals surface area contributed by atoms with Gasteiger partial charge in [-0.25, -0.2) is 4.79 Å². The second kappa shape index (κ2) is 7.58. The molecule has 0 saturated heterocycles. The van der Waals surface area contributed by atoms with E-state index in [2.05, 4.69) is 0 Å². The summed E-state index contributed by atoms with van der Waals surface area (Å²) in [6, 6.07) is 19.3. The Hall–Kier alpha value is -3.85. The van der Waals surface area contributed by atoms with Gasteiger partial charge in [0.1, 0.15) is 11.6 Å². The highest BCUT2D eigenvalue weighted by molar-refractivity contribution is 6.14. The van der Waals surface area contributed by atoms with Crippen molar-refractivity contribution in [2.45, 2.75) is 5.92 Å². The number of methoxy groups -OCH3 is 1. The minimum absolute atomic E-state index is 0.0185. The van der Waals surface area contributed by atoms with Crippen LogP contribution in [0.3, 0.4) is 0 Å². The Labute approximate surface area is 156 Å². The van der Waals surface area contributed by atoms with Gasteiger partial charge in [-0.3, -0.25) is 4.79 Å². The lowest BCUT2D eigenvalue weighted by Gasteiger charge is -2.27. The molecule has 2 aromatic rings. The Balaban J connectivity index is 2.27. The highest BCUT2D eigenvalue weighted by Gasteiger charge is 2.39. The molecule has 0 aromatic heterocycles. The fourth-order valence-electron chi connectivity index (χ4n) is 2.96. The van der Waals surface area contributed by atoms with Crippen LogP contribution in [-0.2, 0) is 14.3 Å². The van der Waals surface area contributed by atoms with Crippen molar-refractivity contribution in [3.05, 3.63) is 94.6 Å². The van der Waals surface area contributed by atoms with Crippen LogP contribution in [0.15, 0.2) is 83.5 Å². The van der Waals surface area contributed by atoms with Gasteiger partial charge in [0.15, 0.2) is 5.78 Å². The van der Waals surface area contributed by atoms with Crippen LogP contribution >= 0.6 is 0 Å². The Morgan fingerprint density at radius 1 is 1.07 bits per heavy atom. The molecule has 1 aliphatic heterocycles. The van der Waals surface area contributed by atoms with Crippen LogP contribution in [0.2, 0.25) is 0 Å². The third-order valence-electron chi connectivity index (χ3n) is 4.20. The molecule has 0 radical (unpaired) electrons. The zero-order valence-corrected chi connectivity index (χ0v) is 14.5. The molecule has 0 spiro atoms. The Morgan fingerprint density at radius 3 is 2.22 bits per heavy atom. The predicted octanol–water partition coefficient (Wildman–Crippen LogP) is 2.80. The summed E-state index contributed by atoms with van der Waals surface area (Å²) in [4.78, 5) is 25.6. The molecule has 1 aliphatic rings. The molecule has 0 fully saturated rings. The quantitative estimate of drug-likeness (QED) is 0.664. The van der Waals surface area contributed by atoms with E-state index in [9.17, 15) is 14.9 Å². The maximum absolute atomic E-state index is 13.3. The van der Waals surface area contributed by atoms with E-state index >= 15 is 0 Å². The van der Waals surface area contributed by atoms with Crippen LogP contribution in [0.25, 0.3) is 0 Å². The summed E-state index contributed by atoms with van der Waals surface area (Å²) in [6.07, 6.45) is 0. The van der Waals surface area contributed by atoms with Gasteiger partial charge in [-0.05, 0) is 5.56 Å². The zero-order chi connectivity index (χ0) is 19.4. The second-order valence-electron chi connectivity index (χ2n) is 5.77. The number of rotatable bonds is 4. The first-order chi connectivity index (χ1) is 13.1. The van der Waals surface area contributed by atoms with Crippen LogP contribution in [0.5, 0.6) is 0 Å². The molecular formula is C21H16N2O4. The molecule has 134 valence electrons. The van der Waals surface area contributed by atoms with Crippen LogP contribution in [0.4, 0.5) is 0 Å². The van der Waals surface area contributed by atoms with Crippen molar-refractivity contribution in [2.75, 3.05) is 7.11 Å². The second-order valence-corrected chi connectivity index (χ2v) is 5.77. The normalized spacial score (nSPS) is 16.4. The number of nitriles is 1. The van der Waals surface area contributed by atoms with Crippen molar-refractivity contribution in [3.63, 3.8) is 0 Å². The van der Waals surface area contributed by atoms with E-state index in [0.717, 1.165) is 0 Å². The standard InChI is InChI=1S/C21H16N2O4/c1-26-21(25)19-17(18(24)14-10-6-3-7-11-14)16(13-8-4-2-5-9-13)15(12-22)20(23)27-19/h2-11,16H,23H2,1H3.